The Balaban J connectivity index is 0.000000810. The van der Waals surface area contributed by atoms with Crippen LogP contribution in [0.1, 0.15) is 19.8 Å². The van der Waals surface area contributed by atoms with Crippen molar-refractivity contribution in [2.45, 2.75) is 19.8 Å². The second kappa shape index (κ2) is 5.75. The molecular weight excluding hydrogens is 146 g/mol. The van der Waals surface area contributed by atoms with Gasteiger partial charge in [0, 0.05) is 6.54 Å². The van der Waals surface area contributed by atoms with Crippen molar-refractivity contribution in [3.05, 3.63) is 12.2 Å². The van der Waals surface area contributed by atoms with Crippen LogP contribution in [0.4, 0.5) is 0 Å². The van der Waals surface area contributed by atoms with Crippen LogP contribution in [0, 0.1) is 0 Å². The van der Waals surface area contributed by atoms with Gasteiger partial charge in [0.15, 0.2) is 0 Å². The largest absolute Gasteiger partial charge is 0.300 e. The third-order valence-corrected chi connectivity index (χ3v) is 1.80. The summed E-state index contributed by atoms with van der Waals surface area (Å²) in [5.41, 5.74) is 0. The third-order valence-electron chi connectivity index (χ3n) is 1.80. The van der Waals surface area contributed by atoms with Crippen LogP contribution < -0.4 is 0 Å². The zero-order valence-corrected chi connectivity index (χ0v) is 7.36. The highest BCUT2D eigenvalue weighted by Gasteiger charge is 2.07. The lowest BCUT2D eigenvalue weighted by molar-refractivity contribution is 0.377. The van der Waals surface area contributed by atoms with E-state index in [9.17, 15) is 0 Å². The molecule has 2 heteroatoms. The quantitative estimate of drug-likeness (QED) is 0.561. The molecule has 1 nitrogen and oxygen atoms in total. The van der Waals surface area contributed by atoms with Gasteiger partial charge in [-0.25, -0.2) is 0 Å². The second-order valence-electron chi connectivity index (χ2n) is 2.58. The van der Waals surface area contributed by atoms with Crippen molar-refractivity contribution in [3.8, 4) is 0 Å². The summed E-state index contributed by atoms with van der Waals surface area (Å²) >= 11 is 0. The number of hydrogen-bond donors (Lipinski definition) is 0. The average molecular weight is 162 g/mol. The van der Waals surface area contributed by atoms with Crippen molar-refractivity contribution in [1.82, 2.24) is 4.90 Å². The first kappa shape index (κ1) is 9.99. The van der Waals surface area contributed by atoms with E-state index in [0.717, 1.165) is 6.54 Å². The highest BCUT2D eigenvalue weighted by atomic mass is 35.5. The smallest absolute Gasteiger partial charge is 0.0163 e. The van der Waals surface area contributed by atoms with Crippen LogP contribution in [0.5, 0.6) is 0 Å². The fourth-order valence-corrected chi connectivity index (χ4v) is 1.22. The van der Waals surface area contributed by atoms with E-state index < -0.39 is 0 Å². The van der Waals surface area contributed by atoms with Crippen LogP contribution in [0.2, 0.25) is 0 Å². The third kappa shape index (κ3) is 3.23. The summed E-state index contributed by atoms with van der Waals surface area (Å²) in [5, 5.41) is 0. The van der Waals surface area contributed by atoms with Gasteiger partial charge in [0.05, 0.1) is 0 Å². The van der Waals surface area contributed by atoms with Gasteiger partial charge in [-0.1, -0.05) is 12.2 Å². The van der Waals surface area contributed by atoms with E-state index in [1.807, 2.05) is 0 Å². The summed E-state index contributed by atoms with van der Waals surface area (Å²) < 4.78 is 0. The molecule has 60 valence electrons. The van der Waals surface area contributed by atoms with Gasteiger partial charge in [-0.15, -0.1) is 12.4 Å². The maximum absolute atomic E-state index is 2.49. The lowest BCUT2D eigenvalue weighted by Crippen LogP contribution is -2.18. The molecule has 0 atom stereocenters. The van der Waals surface area contributed by atoms with Crippen LogP contribution in [0.25, 0.3) is 0 Å². The highest BCUT2D eigenvalue weighted by molar-refractivity contribution is 5.85. The summed E-state index contributed by atoms with van der Waals surface area (Å²) in [6.07, 6.45) is 7.15. The average Bonchev–Trinajstić information content (AvgIpc) is 2.34. The molecule has 1 heterocycles. The molecule has 1 aliphatic heterocycles. The molecule has 1 rings (SSSR count). The molecule has 0 aromatic rings. The Hall–Kier alpha value is -0.0100. The summed E-state index contributed by atoms with van der Waals surface area (Å²) in [6.45, 7) is 5.86. The van der Waals surface area contributed by atoms with Gasteiger partial charge < -0.3 is 0 Å². The molecule has 0 aliphatic carbocycles. The Morgan fingerprint density at radius 3 is 2.40 bits per heavy atom. The fraction of sp³-hybridized carbons (Fsp3) is 0.750. The Bertz CT molecular complexity index is 95.4. The molecule has 10 heavy (non-hydrogen) atoms. The second-order valence-corrected chi connectivity index (χ2v) is 2.58. The van der Waals surface area contributed by atoms with Crippen molar-refractivity contribution in [3.63, 3.8) is 0 Å². The van der Waals surface area contributed by atoms with Crippen molar-refractivity contribution >= 4 is 12.4 Å². The highest BCUT2D eigenvalue weighted by Crippen LogP contribution is 2.05. The summed E-state index contributed by atoms with van der Waals surface area (Å²) in [5.74, 6) is 0. The molecule has 0 radical (unpaired) electrons. The van der Waals surface area contributed by atoms with Gasteiger partial charge in [-0.05, 0) is 32.9 Å². The normalized spacial score (nSPS) is 19.7. The lowest BCUT2D eigenvalue weighted by atomic mass is 10.4. The molecule has 0 unspecified atom stereocenters. The topological polar surface area (TPSA) is 3.24 Å². The minimum Gasteiger partial charge on any atom is -0.300 e. The monoisotopic (exact) mass is 161 g/mol. The Morgan fingerprint density at radius 1 is 1.30 bits per heavy atom. The molecular formula is C8H16ClN. The molecule has 1 fully saturated rings. The first-order chi connectivity index (χ1) is 4.43. The van der Waals surface area contributed by atoms with E-state index in [4.69, 9.17) is 0 Å². The predicted molar refractivity (Wildman–Crippen MR) is 47.7 cm³/mol. The van der Waals surface area contributed by atoms with Crippen molar-refractivity contribution in [2.75, 3.05) is 19.6 Å². The summed E-state index contributed by atoms with van der Waals surface area (Å²) in [4.78, 5) is 2.49. The maximum Gasteiger partial charge on any atom is 0.0163 e. The van der Waals surface area contributed by atoms with E-state index in [2.05, 4.69) is 24.0 Å². The SMILES string of the molecule is C/C=C/CN1CCCC1.Cl. The van der Waals surface area contributed by atoms with Crippen molar-refractivity contribution in [2.24, 2.45) is 0 Å². The molecule has 0 N–H and O–H groups in total. The Kier molecular flexibility index (Phi) is 5.74. The van der Waals surface area contributed by atoms with E-state index in [1.54, 1.807) is 0 Å². The van der Waals surface area contributed by atoms with Gasteiger partial charge in [0.25, 0.3) is 0 Å². The Morgan fingerprint density at radius 2 is 1.90 bits per heavy atom. The number of nitrogens with zero attached hydrogens (tertiary/aromatic N) is 1. The van der Waals surface area contributed by atoms with Crippen LogP contribution in [0.3, 0.4) is 0 Å². The minimum atomic E-state index is 0. The van der Waals surface area contributed by atoms with Gasteiger partial charge in [-0.3, -0.25) is 4.90 Å². The van der Waals surface area contributed by atoms with Gasteiger partial charge in [0.2, 0.25) is 0 Å². The number of rotatable bonds is 2. The zero-order valence-electron chi connectivity index (χ0n) is 6.55. The molecule has 1 saturated heterocycles. The minimum absolute atomic E-state index is 0. The van der Waals surface area contributed by atoms with Gasteiger partial charge in [0.1, 0.15) is 0 Å². The standard InChI is InChI=1S/C8H15N.ClH/c1-2-3-6-9-7-4-5-8-9;/h2-3H,4-8H2,1H3;1H/b3-2+;. The van der Waals surface area contributed by atoms with Crippen LogP contribution in [0.15, 0.2) is 12.2 Å². The maximum atomic E-state index is 2.49. The molecule has 0 saturated carbocycles. The Labute approximate surface area is 69.5 Å². The van der Waals surface area contributed by atoms with E-state index >= 15 is 0 Å². The van der Waals surface area contributed by atoms with Gasteiger partial charge >= 0.3 is 0 Å². The number of likely N-dealkylation sites (tertiary alicyclic amines) is 1. The number of halogens is 1. The predicted octanol–water partition coefficient (Wildman–Crippen LogP) is 2.08. The van der Waals surface area contributed by atoms with Crippen molar-refractivity contribution in [1.29, 1.82) is 0 Å². The van der Waals surface area contributed by atoms with Crippen LogP contribution in [-0.2, 0) is 0 Å². The van der Waals surface area contributed by atoms with Crippen LogP contribution >= 0.6 is 12.4 Å². The molecule has 0 amide bonds. The van der Waals surface area contributed by atoms with Gasteiger partial charge in [-0.2, -0.15) is 0 Å². The fourth-order valence-electron chi connectivity index (χ4n) is 1.22. The first-order valence-electron chi connectivity index (χ1n) is 3.77. The first-order valence-corrected chi connectivity index (χ1v) is 3.77. The number of allylic oxidation sites excluding steroid dienone is 1. The van der Waals surface area contributed by atoms with E-state index in [1.165, 1.54) is 25.9 Å². The van der Waals surface area contributed by atoms with E-state index in [0.29, 0.717) is 0 Å². The zero-order chi connectivity index (χ0) is 6.53. The summed E-state index contributed by atoms with van der Waals surface area (Å²) in [6, 6.07) is 0. The molecule has 0 bridgehead atoms. The van der Waals surface area contributed by atoms with Crippen LogP contribution in [-0.4, -0.2) is 24.5 Å². The van der Waals surface area contributed by atoms with Crippen molar-refractivity contribution < 1.29 is 0 Å². The number of hydrogen-bond acceptors (Lipinski definition) is 1. The lowest BCUT2D eigenvalue weighted by Gasteiger charge is -2.09. The molecule has 0 aromatic carbocycles. The molecule has 1 aliphatic rings. The van der Waals surface area contributed by atoms with E-state index in [-0.39, 0.29) is 12.4 Å². The molecule has 0 aromatic heterocycles. The molecule has 0 spiro atoms. The summed E-state index contributed by atoms with van der Waals surface area (Å²) in [7, 11) is 0.